The highest BCUT2D eigenvalue weighted by Crippen LogP contribution is 2.32. The first-order chi connectivity index (χ1) is 11.8. The van der Waals surface area contributed by atoms with E-state index in [-0.39, 0.29) is 37.0 Å². The minimum Gasteiger partial charge on any atom is -0.351 e. The molecule has 2 aromatic heterocycles. The van der Waals surface area contributed by atoms with Crippen LogP contribution in [0.3, 0.4) is 0 Å². The van der Waals surface area contributed by atoms with E-state index in [1.165, 1.54) is 17.0 Å². The summed E-state index contributed by atoms with van der Waals surface area (Å²) in [4.78, 5) is 13.5. The molecule has 2 aliphatic rings. The third kappa shape index (κ3) is 2.87. The molecule has 1 atom stereocenters. The van der Waals surface area contributed by atoms with E-state index in [1.807, 2.05) is 0 Å². The average Bonchev–Trinajstić information content (AvgIpc) is 3.09. The number of fused-ring (bicyclic) bond motifs is 1. The standard InChI is InChI=1S/C14H14F4N6O/c15-13(12(25)19-8-1-2-8)5-6-23(7-13)10-4-3-9-20-21-11(14(16,17)18)24(9)22-10/h3-4,8H,1-2,5-7H2,(H,19,25). The first-order valence-electron chi connectivity index (χ1n) is 7.81. The van der Waals surface area contributed by atoms with Crippen LogP contribution in [0, 0.1) is 0 Å². The number of hydrogen-bond donors (Lipinski definition) is 1. The minimum atomic E-state index is -4.70. The van der Waals surface area contributed by atoms with Gasteiger partial charge in [-0.2, -0.15) is 17.7 Å². The summed E-state index contributed by atoms with van der Waals surface area (Å²) in [6.45, 7) is -0.0793. The van der Waals surface area contributed by atoms with Gasteiger partial charge in [-0.3, -0.25) is 4.79 Å². The molecular formula is C14H14F4N6O. The lowest BCUT2D eigenvalue weighted by Gasteiger charge is -2.21. The van der Waals surface area contributed by atoms with Gasteiger partial charge in [0.25, 0.3) is 11.7 Å². The Labute approximate surface area is 139 Å². The summed E-state index contributed by atoms with van der Waals surface area (Å²) in [5, 5.41) is 13.0. The van der Waals surface area contributed by atoms with Gasteiger partial charge in [0.15, 0.2) is 5.65 Å². The number of nitrogens with zero attached hydrogens (tertiary/aromatic N) is 5. The SMILES string of the molecule is O=C(NC1CC1)C1(F)CCN(c2ccc3nnc(C(F)(F)F)n3n2)C1. The third-order valence-electron chi connectivity index (χ3n) is 4.37. The number of alkyl halides is 4. The number of carbonyl (C=O) groups excluding carboxylic acids is 1. The summed E-state index contributed by atoms with van der Waals surface area (Å²) in [5.74, 6) is -1.78. The molecule has 1 saturated heterocycles. The molecule has 1 aliphatic heterocycles. The average molecular weight is 358 g/mol. The molecule has 1 amide bonds. The quantitative estimate of drug-likeness (QED) is 0.838. The lowest BCUT2D eigenvalue weighted by Crippen LogP contribution is -2.46. The van der Waals surface area contributed by atoms with Crippen molar-refractivity contribution < 1.29 is 22.4 Å². The van der Waals surface area contributed by atoms with E-state index in [0.29, 0.717) is 4.52 Å². The molecule has 0 radical (unpaired) electrons. The van der Waals surface area contributed by atoms with Gasteiger partial charge in [0.2, 0.25) is 5.67 Å². The van der Waals surface area contributed by atoms with Crippen molar-refractivity contribution in [1.29, 1.82) is 0 Å². The molecule has 3 heterocycles. The maximum absolute atomic E-state index is 14.9. The fourth-order valence-corrected chi connectivity index (χ4v) is 2.82. The summed E-state index contributed by atoms with van der Waals surface area (Å²) < 4.78 is 54.2. The maximum Gasteiger partial charge on any atom is 0.453 e. The zero-order valence-corrected chi connectivity index (χ0v) is 12.9. The molecular weight excluding hydrogens is 344 g/mol. The van der Waals surface area contributed by atoms with Crippen molar-refractivity contribution in [3.05, 3.63) is 18.0 Å². The van der Waals surface area contributed by atoms with Gasteiger partial charge in [-0.15, -0.1) is 15.3 Å². The zero-order valence-electron chi connectivity index (χ0n) is 12.9. The van der Waals surface area contributed by atoms with Crippen molar-refractivity contribution in [2.75, 3.05) is 18.0 Å². The Morgan fingerprint density at radius 1 is 1.28 bits per heavy atom. The van der Waals surface area contributed by atoms with Crippen LogP contribution in [0.2, 0.25) is 0 Å². The molecule has 1 N–H and O–H groups in total. The van der Waals surface area contributed by atoms with Gasteiger partial charge >= 0.3 is 6.18 Å². The lowest BCUT2D eigenvalue weighted by molar-refractivity contribution is -0.146. The molecule has 2 aromatic rings. The highest BCUT2D eigenvalue weighted by Gasteiger charge is 2.47. The second kappa shape index (κ2) is 5.27. The topological polar surface area (TPSA) is 75.4 Å². The molecule has 0 aromatic carbocycles. The monoisotopic (exact) mass is 358 g/mol. The number of amides is 1. The maximum atomic E-state index is 14.9. The minimum absolute atomic E-state index is 0.0371. The number of nitrogens with one attached hydrogen (secondary N) is 1. The first-order valence-corrected chi connectivity index (χ1v) is 7.81. The molecule has 0 spiro atoms. The molecule has 0 bridgehead atoms. The van der Waals surface area contributed by atoms with Crippen molar-refractivity contribution in [1.82, 2.24) is 25.1 Å². The van der Waals surface area contributed by atoms with Crippen molar-refractivity contribution in [3.63, 3.8) is 0 Å². The van der Waals surface area contributed by atoms with E-state index in [2.05, 4.69) is 20.6 Å². The fraction of sp³-hybridized carbons (Fsp3) is 0.571. The van der Waals surface area contributed by atoms with Gasteiger partial charge in [0.1, 0.15) is 5.82 Å². The molecule has 134 valence electrons. The molecule has 11 heteroatoms. The predicted molar refractivity (Wildman–Crippen MR) is 77.6 cm³/mol. The van der Waals surface area contributed by atoms with Crippen LogP contribution in [0.15, 0.2) is 12.1 Å². The van der Waals surface area contributed by atoms with Crippen LogP contribution in [0.4, 0.5) is 23.4 Å². The van der Waals surface area contributed by atoms with Crippen LogP contribution in [0.5, 0.6) is 0 Å². The Morgan fingerprint density at radius 3 is 2.72 bits per heavy atom. The summed E-state index contributed by atoms with van der Waals surface area (Å²) in [5.41, 5.74) is -2.13. The molecule has 25 heavy (non-hydrogen) atoms. The van der Waals surface area contributed by atoms with E-state index in [0.717, 1.165) is 12.8 Å². The Hall–Kier alpha value is -2.46. The molecule has 7 nitrogen and oxygen atoms in total. The van der Waals surface area contributed by atoms with E-state index < -0.39 is 23.6 Å². The highest BCUT2D eigenvalue weighted by molar-refractivity contribution is 5.87. The van der Waals surface area contributed by atoms with E-state index in [4.69, 9.17) is 0 Å². The van der Waals surface area contributed by atoms with Gasteiger partial charge in [0.05, 0.1) is 6.54 Å². The van der Waals surface area contributed by atoms with Crippen molar-refractivity contribution in [2.45, 2.75) is 37.1 Å². The molecule has 1 saturated carbocycles. The summed E-state index contributed by atoms with van der Waals surface area (Å²) in [6.07, 6.45) is -3.06. The normalized spacial score (nSPS) is 24.1. The smallest absolute Gasteiger partial charge is 0.351 e. The zero-order chi connectivity index (χ0) is 17.8. The number of rotatable bonds is 3. The molecule has 4 rings (SSSR count). The molecule has 1 aliphatic carbocycles. The Bertz CT molecular complexity index is 832. The van der Waals surface area contributed by atoms with Gasteiger partial charge in [-0.1, -0.05) is 0 Å². The lowest BCUT2D eigenvalue weighted by atomic mass is 10.1. The van der Waals surface area contributed by atoms with Crippen LogP contribution < -0.4 is 10.2 Å². The molecule has 2 fully saturated rings. The van der Waals surface area contributed by atoms with Gasteiger partial charge in [-0.25, -0.2) is 4.39 Å². The Balaban J connectivity index is 1.58. The van der Waals surface area contributed by atoms with Crippen LogP contribution in [0.1, 0.15) is 25.1 Å². The van der Waals surface area contributed by atoms with Crippen LogP contribution in [-0.2, 0) is 11.0 Å². The van der Waals surface area contributed by atoms with Crippen LogP contribution in [-0.4, -0.2) is 50.5 Å². The van der Waals surface area contributed by atoms with Crippen LogP contribution in [0.25, 0.3) is 5.65 Å². The van der Waals surface area contributed by atoms with Crippen molar-refractivity contribution in [2.24, 2.45) is 0 Å². The van der Waals surface area contributed by atoms with E-state index >= 15 is 0 Å². The van der Waals surface area contributed by atoms with Crippen molar-refractivity contribution in [3.8, 4) is 0 Å². The third-order valence-corrected chi connectivity index (χ3v) is 4.37. The number of anilines is 1. The highest BCUT2D eigenvalue weighted by atomic mass is 19.4. The van der Waals surface area contributed by atoms with Crippen LogP contribution >= 0.6 is 0 Å². The number of aromatic nitrogens is 4. The summed E-state index contributed by atoms with van der Waals surface area (Å²) in [6, 6.07) is 2.80. The second-order valence-corrected chi connectivity index (χ2v) is 6.37. The Kier molecular flexibility index (Phi) is 3.38. The second-order valence-electron chi connectivity index (χ2n) is 6.37. The Morgan fingerprint density at radius 2 is 2.04 bits per heavy atom. The largest absolute Gasteiger partial charge is 0.453 e. The number of hydrogen-bond acceptors (Lipinski definition) is 5. The van der Waals surface area contributed by atoms with Gasteiger partial charge < -0.3 is 10.2 Å². The summed E-state index contributed by atoms with van der Waals surface area (Å²) >= 11 is 0. The first kappa shape index (κ1) is 16.0. The van der Waals surface area contributed by atoms with E-state index in [9.17, 15) is 22.4 Å². The van der Waals surface area contributed by atoms with Gasteiger partial charge in [-0.05, 0) is 25.0 Å². The van der Waals surface area contributed by atoms with E-state index in [1.54, 1.807) is 0 Å². The fourth-order valence-electron chi connectivity index (χ4n) is 2.82. The van der Waals surface area contributed by atoms with Gasteiger partial charge in [0, 0.05) is 19.0 Å². The number of carbonyl (C=O) groups is 1. The molecule has 1 unspecified atom stereocenters. The predicted octanol–water partition coefficient (Wildman–Crippen LogP) is 1.34. The summed E-state index contributed by atoms with van der Waals surface area (Å²) in [7, 11) is 0. The number of halogens is 4. The van der Waals surface area contributed by atoms with Crippen molar-refractivity contribution >= 4 is 17.4 Å².